The fourth-order valence-electron chi connectivity index (χ4n) is 1.98. The van der Waals surface area contributed by atoms with Gasteiger partial charge >= 0.3 is 0 Å². The Labute approximate surface area is 99.5 Å². The SMILES string of the molecule is CC(C)(O)C1CCN1C(=O)c1cnc(N)nc1. The van der Waals surface area contributed by atoms with Gasteiger partial charge in [-0.15, -0.1) is 0 Å². The summed E-state index contributed by atoms with van der Waals surface area (Å²) in [6.07, 6.45) is 3.62. The Hall–Kier alpha value is -1.69. The smallest absolute Gasteiger partial charge is 0.257 e. The number of hydrogen-bond acceptors (Lipinski definition) is 5. The van der Waals surface area contributed by atoms with Crippen LogP contribution in [0.1, 0.15) is 30.6 Å². The molecule has 0 saturated carbocycles. The first kappa shape index (κ1) is 11.8. The van der Waals surface area contributed by atoms with Crippen molar-refractivity contribution in [2.45, 2.75) is 31.9 Å². The zero-order valence-corrected chi connectivity index (χ0v) is 9.92. The van der Waals surface area contributed by atoms with Gasteiger partial charge in [0.1, 0.15) is 0 Å². The highest BCUT2D eigenvalue weighted by molar-refractivity contribution is 5.94. The van der Waals surface area contributed by atoms with Gasteiger partial charge in [0.15, 0.2) is 0 Å². The number of nitrogen functional groups attached to an aromatic ring is 1. The molecule has 1 atom stereocenters. The molecule has 1 fully saturated rings. The van der Waals surface area contributed by atoms with E-state index in [0.29, 0.717) is 12.1 Å². The molecule has 6 nitrogen and oxygen atoms in total. The molecule has 1 amide bonds. The van der Waals surface area contributed by atoms with Crippen molar-refractivity contribution in [3.63, 3.8) is 0 Å². The van der Waals surface area contributed by atoms with Gasteiger partial charge in [0.2, 0.25) is 5.95 Å². The van der Waals surface area contributed by atoms with Crippen LogP contribution in [0.25, 0.3) is 0 Å². The standard InChI is InChI=1S/C11H16N4O2/c1-11(2,17)8-3-4-15(8)9(16)7-5-13-10(12)14-6-7/h5-6,8,17H,3-4H2,1-2H3,(H2,12,13,14). The average molecular weight is 236 g/mol. The second-order valence-corrected chi connectivity index (χ2v) is 4.79. The van der Waals surface area contributed by atoms with Gasteiger partial charge in [-0.05, 0) is 20.3 Å². The van der Waals surface area contributed by atoms with Crippen molar-refractivity contribution >= 4 is 11.9 Å². The van der Waals surface area contributed by atoms with Gasteiger partial charge in [0.25, 0.3) is 5.91 Å². The van der Waals surface area contributed by atoms with Crippen molar-refractivity contribution in [1.82, 2.24) is 14.9 Å². The van der Waals surface area contributed by atoms with Crippen LogP contribution in [0.5, 0.6) is 0 Å². The molecule has 0 spiro atoms. The normalized spacial score (nSPS) is 19.9. The molecule has 1 saturated heterocycles. The van der Waals surface area contributed by atoms with E-state index in [2.05, 4.69) is 9.97 Å². The van der Waals surface area contributed by atoms with E-state index < -0.39 is 5.60 Å². The Morgan fingerprint density at radius 1 is 1.53 bits per heavy atom. The molecule has 1 unspecified atom stereocenters. The molecule has 17 heavy (non-hydrogen) atoms. The van der Waals surface area contributed by atoms with Crippen molar-refractivity contribution in [2.24, 2.45) is 0 Å². The maximum Gasteiger partial charge on any atom is 0.257 e. The summed E-state index contributed by atoms with van der Waals surface area (Å²) in [5.74, 6) is -0.0208. The molecule has 92 valence electrons. The van der Waals surface area contributed by atoms with Crippen LogP contribution >= 0.6 is 0 Å². The van der Waals surface area contributed by atoms with Gasteiger partial charge in [-0.25, -0.2) is 9.97 Å². The second-order valence-electron chi connectivity index (χ2n) is 4.79. The number of amides is 1. The summed E-state index contributed by atoms with van der Waals surface area (Å²) in [5, 5.41) is 9.90. The van der Waals surface area contributed by atoms with Crippen LogP contribution in [0.15, 0.2) is 12.4 Å². The van der Waals surface area contributed by atoms with Crippen molar-refractivity contribution in [2.75, 3.05) is 12.3 Å². The van der Waals surface area contributed by atoms with Gasteiger partial charge in [0, 0.05) is 18.9 Å². The van der Waals surface area contributed by atoms with E-state index in [1.165, 1.54) is 12.4 Å². The van der Waals surface area contributed by atoms with Crippen LogP contribution in [0.4, 0.5) is 5.95 Å². The predicted molar refractivity (Wildman–Crippen MR) is 62.2 cm³/mol. The fourth-order valence-corrected chi connectivity index (χ4v) is 1.98. The van der Waals surface area contributed by atoms with Crippen molar-refractivity contribution in [1.29, 1.82) is 0 Å². The number of hydrogen-bond donors (Lipinski definition) is 2. The number of nitrogens with zero attached hydrogens (tertiary/aromatic N) is 3. The minimum absolute atomic E-state index is 0.143. The largest absolute Gasteiger partial charge is 0.388 e. The monoisotopic (exact) mass is 236 g/mol. The lowest BCUT2D eigenvalue weighted by atomic mass is 9.87. The Morgan fingerprint density at radius 3 is 2.53 bits per heavy atom. The van der Waals surface area contributed by atoms with Gasteiger partial charge in [-0.3, -0.25) is 4.79 Å². The van der Waals surface area contributed by atoms with E-state index in [1.807, 2.05) is 0 Å². The summed E-state index contributed by atoms with van der Waals surface area (Å²) in [5.41, 5.74) is 4.87. The maximum atomic E-state index is 12.1. The lowest BCUT2D eigenvalue weighted by Crippen LogP contribution is -2.60. The topological polar surface area (TPSA) is 92.3 Å². The molecule has 0 aliphatic carbocycles. The zero-order valence-electron chi connectivity index (χ0n) is 9.92. The van der Waals surface area contributed by atoms with Crippen LogP contribution in [0, 0.1) is 0 Å². The maximum absolute atomic E-state index is 12.1. The van der Waals surface area contributed by atoms with E-state index in [9.17, 15) is 9.90 Å². The molecule has 6 heteroatoms. The molecule has 0 radical (unpaired) electrons. The quantitative estimate of drug-likeness (QED) is 0.756. The first-order valence-electron chi connectivity index (χ1n) is 5.50. The third kappa shape index (κ3) is 2.21. The zero-order chi connectivity index (χ0) is 12.6. The number of carbonyl (C=O) groups is 1. The fraction of sp³-hybridized carbons (Fsp3) is 0.545. The van der Waals surface area contributed by atoms with Gasteiger partial charge in [-0.2, -0.15) is 0 Å². The van der Waals surface area contributed by atoms with Gasteiger partial charge in [0.05, 0.1) is 17.2 Å². The molecular weight excluding hydrogens is 220 g/mol. The van der Waals surface area contributed by atoms with Crippen LogP contribution in [0.3, 0.4) is 0 Å². The summed E-state index contributed by atoms with van der Waals surface area (Å²) < 4.78 is 0. The van der Waals surface area contributed by atoms with E-state index in [1.54, 1.807) is 18.7 Å². The predicted octanol–water partition coefficient (Wildman–Crippen LogP) is 0.0442. The molecule has 0 bridgehead atoms. The Balaban J connectivity index is 2.14. The van der Waals surface area contributed by atoms with Crippen LogP contribution in [0.2, 0.25) is 0 Å². The highest BCUT2D eigenvalue weighted by atomic mass is 16.3. The first-order valence-corrected chi connectivity index (χ1v) is 5.50. The molecule has 1 aromatic rings. The van der Waals surface area contributed by atoms with Crippen LogP contribution < -0.4 is 5.73 Å². The number of aromatic nitrogens is 2. The molecule has 3 N–H and O–H groups in total. The number of anilines is 1. The number of carbonyl (C=O) groups excluding carboxylic acids is 1. The first-order chi connectivity index (χ1) is 7.89. The minimum Gasteiger partial charge on any atom is -0.388 e. The summed E-state index contributed by atoms with van der Waals surface area (Å²) in [7, 11) is 0. The van der Waals surface area contributed by atoms with E-state index in [0.717, 1.165) is 6.42 Å². The highest BCUT2D eigenvalue weighted by Gasteiger charge is 2.41. The lowest BCUT2D eigenvalue weighted by Gasteiger charge is -2.47. The van der Waals surface area contributed by atoms with Crippen LogP contribution in [-0.2, 0) is 0 Å². The van der Waals surface area contributed by atoms with Crippen molar-refractivity contribution in [3.05, 3.63) is 18.0 Å². The number of rotatable bonds is 2. The average Bonchev–Trinajstić information content (AvgIpc) is 2.13. The van der Waals surface area contributed by atoms with Gasteiger partial charge in [-0.1, -0.05) is 0 Å². The molecular formula is C11H16N4O2. The summed E-state index contributed by atoms with van der Waals surface area (Å²) in [6.45, 7) is 4.06. The third-order valence-corrected chi connectivity index (χ3v) is 3.01. The van der Waals surface area contributed by atoms with Crippen LogP contribution in [-0.4, -0.2) is 44.1 Å². The van der Waals surface area contributed by atoms with Crippen molar-refractivity contribution < 1.29 is 9.90 Å². The van der Waals surface area contributed by atoms with E-state index >= 15 is 0 Å². The lowest BCUT2D eigenvalue weighted by molar-refractivity contribution is -0.0550. The number of aliphatic hydroxyl groups is 1. The Morgan fingerprint density at radius 2 is 2.12 bits per heavy atom. The molecule has 0 aromatic carbocycles. The molecule has 1 aromatic heterocycles. The van der Waals surface area contributed by atoms with Gasteiger partial charge < -0.3 is 15.7 Å². The van der Waals surface area contributed by atoms with E-state index in [-0.39, 0.29) is 17.9 Å². The molecule has 2 heterocycles. The minimum atomic E-state index is -0.886. The highest BCUT2D eigenvalue weighted by Crippen LogP contribution is 2.28. The third-order valence-electron chi connectivity index (χ3n) is 3.01. The number of nitrogens with two attached hydrogens (primary N) is 1. The Kier molecular flexibility index (Phi) is 2.74. The second kappa shape index (κ2) is 3.96. The Bertz CT molecular complexity index is 424. The summed E-state index contributed by atoms with van der Waals surface area (Å²) >= 11 is 0. The summed E-state index contributed by atoms with van der Waals surface area (Å²) in [6, 6.07) is -0.146. The van der Waals surface area contributed by atoms with E-state index in [4.69, 9.17) is 5.73 Å². The number of likely N-dealkylation sites (tertiary alicyclic amines) is 1. The molecule has 1 aliphatic rings. The summed E-state index contributed by atoms with van der Waals surface area (Å²) in [4.78, 5) is 21.3. The molecule has 1 aliphatic heterocycles. The molecule has 2 rings (SSSR count). The van der Waals surface area contributed by atoms with Crippen molar-refractivity contribution in [3.8, 4) is 0 Å².